The van der Waals surface area contributed by atoms with Crippen LogP contribution in [0.4, 0.5) is 4.79 Å². The van der Waals surface area contributed by atoms with Gasteiger partial charge in [-0.1, -0.05) is 24.3 Å². The summed E-state index contributed by atoms with van der Waals surface area (Å²) in [5.41, 5.74) is 0. The summed E-state index contributed by atoms with van der Waals surface area (Å²) in [5, 5.41) is 0. The Labute approximate surface area is 190 Å². The highest BCUT2D eigenvalue weighted by Crippen LogP contribution is 2.16. The molecule has 2 aliphatic heterocycles. The van der Waals surface area contributed by atoms with Crippen molar-refractivity contribution in [2.24, 2.45) is 0 Å². The van der Waals surface area contributed by atoms with Crippen LogP contribution in [0, 0.1) is 0 Å². The van der Waals surface area contributed by atoms with Crippen LogP contribution in [-0.4, -0.2) is 92.6 Å². The molecule has 0 aromatic heterocycles. The second-order valence-electron chi connectivity index (χ2n) is 8.08. The Morgan fingerprint density at radius 1 is 1.09 bits per heavy atom. The largest absolute Gasteiger partial charge is 0.444 e. The van der Waals surface area contributed by atoms with E-state index in [1.54, 1.807) is 34.1 Å². The van der Waals surface area contributed by atoms with Gasteiger partial charge >= 0.3 is 6.09 Å². The van der Waals surface area contributed by atoms with Crippen molar-refractivity contribution in [3.63, 3.8) is 0 Å². The molecule has 1 aromatic rings. The zero-order chi connectivity index (χ0) is 23.6. The second-order valence-corrected chi connectivity index (χ2v) is 9.50. The number of piperidine rings is 1. The quantitative estimate of drug-likeness (QED) is 0.523. The molecule has 3 rings (SSSR count). The van der Waals surface area contributed by atoms with Crippen LogP contribution in [0.5, 0.6) is 0 Å². The smallest absolute Gasteiger partial charge is 0.410 e. The van der Waals surface area contributed by atoms with Crippen molar-refractivity contribution in [3.05, 3.63) is 42.5 Å². The molecule has 2 aliphatic rings. The lowest BCUT2D eigenvalue weighted by molar-refractivity contribution is -0.125. The van der Waals surface area contributed by atoms with Crippen molar-refractivity contribution < 1.29 is 27.3 Å². The van der Waals surface area contributed by atoms with Crippen LogP contribution < -0.4 is 0 Å². The monoisotopic (exact) mass is 467 g/mol. The Morgan fingerprint density at radius 2 is 1.75 bits per heavy atom. The topological polar surface area (TPSA) is 107 Å². The Hall–Kier alpha value is -2.43. The molecule has 0 bridgehead atoms. The molecule has 0 radical (unpaired) electrons. The normalized spacial score (nSPS) is 19.1. The van der Waals surface area contributed by atoms with Crippen molar-refractivity contribution >= 4 is 22.1 Å². The number of hydrogen-bond donors (Lipinski definition) is 1. The molecule has 178 valence electrons. The number of amides is 2. The first-order valence-corrected chi connectivity index (χ1v) is 12.2. The van der Waals surface area contributed by atoms with Gasteiger partial charge in [0.2, 0.25) is 5.91 Å². The first-order chi connectivity index (χ1) is 15.2. The van der Waals surface area contributed by atoms with Crippen molar-refractivity contribution in [1.29, 1.82) is 0 Å². The van der Waals surface area contributed by atoms with Gasteiger partial charge in [0.05, 0.1) is 11.4 Å². The number of rotatable bonds is 5. The molecule has 2 fully saturated rings. The molecule has 1 N–H and O–H groups in total. The van der Waals surface area contributed by atoms with E-state index in [-0.39, 0.29) is 23.0 Å². The maximum absolute atomic E-state index is 12.1. The minimum absolute atomic E-state index is 0.00151. The first-order valence-electron chi connectivity index (χ1n) is 10.7. The highest BCUT2D eigenvalue weighted by molar-refractivity contribution is 7.85. The van der Waals surface area contributed by atoms with Crippen molar-refractivity contribution in [3.8, 4) is 0 Å². The zero-order valence-electron chi connectivity index (χ0n) is 18.7. The summed E-state index contributed by atoms with van der Waals surface area (Å²) in [7, 11) is -0.0847. The molecular formula is C22H33N3O6S. The van der Waals surface area contributed by atoms with Gasteiger partial charge in [-0.2, -0.15) is 8.42 Å². The number of nitrogens with zero attached hydrogens (tertiary/aromatic N) is 3. The highest BCUT2D eigenvalue weighted by Gasteiger charge is 2.29. The molecule has 9 nitrogen and oxygen atoms in total. The van der Waals surface area contributed by atoms with E-state index in [1.807, 2.05) is 25.1 Å². The molecule has 2 heterocycles. The molecule has 10 heteroatoms. The van der Waals surface area contributed by atoms with E-state index in [0.717, 1.165) is 38.9 Å². The second kappa shape index (κ2) is 12.6. The van der Waals surface area contributed by atoms with E-state index in [1.165, 1.54) is 18.6 Å². The minimum atomic E-state index is -4.00. The van der Waals surface area contributed by atoms with E-state index < -0.39 is 10.1 Å². The highest BCUT2D eigenvalue weighted by atomic mass is 32.2. The summed E-state index contributed by atoms with van der Waals surface area (Å²) >= 11 is 0. The van der Waals surface area contributed by atoms with Gasteiger partial charge in [-0.25, -0.2) is 4.79 Å². The van der Waals surface area contributed by atoms with Gasteiger partial charge in [0, 0.05) is 38.7 Å². The molecule has 1 aromatic carbocycles. The van der Waals surface area contributed by atoms with Crippen LogP contribution >= 0.6 is 0 Å². The van der Waals surface area contributed by atoms with Gasteiger partial charge < -0.3 is 19.4 Å². The van der Waals surface area contributed by atoms with Crippen LogP contribution in [0.15, 0.2) is 47.4 Å². The molecule has 0 unspecified atom stereocenters. The maximum Gasteiger partial charge on any atom is 0.410 e. The molecule has 0 spiro atoms. The third kappa shape index (κ3) is 8.97. The molecular weight excluding hydrogens is 434 g/mol. The Kier molecular flexibility index (Phi) is 10.1. The molecule has 0 aliphatic carbocycles. The van der Waals surface area contributed by atoms with E-state index >= 15 is 0 Å². The average molecular weight is 468 g/mol. The fraction of sp³-hybridized carbons (Fsp3) is 0.545. The Morgan fingerprint density at radius 3 is 2.31 bits per heavy atom. The number of ether oxygens (including phenoxy) is 1. The zero-order valence-corrected chi connectivity index (χ0v) is 19.5. The SMILES string of the molecule is CN(C)C/C=C/C(=O)N1CC[C@H](OC(=O)N2CCCCC2)C1.O=S(=O)(O)c1ccccc1. The molecule has 32 heavy (non-hydrogen) atoms. The minimum Gasteiger partial charge on any atom is -0.444 e. The van der Waals surface area contributed by atoms with Gasteiger partial charge in [-0.05, 0) is 45.5 Å². The summed E-state index contributed by atoms with van der Waals surface area (Å²) in [6, 6.07) is 7.42. The lowest BCUT2D eigenvalue weighted by Crippen LogP contribution is -2.38. The summed E-state index contributed by atoms with van der Waals surface area (Å²) in [6.45, 7) is 3.49. The molecule has 2 saturated heterocycles. The average Bonchev–Trinajstić information content (AvgIpc) is 3.23. The fourth-order valence-electron chi connectivity index (χ4n) is 3.38. The standard InChI is InChI=1S/C16H27N3O3.C6H6O3S/c1-17(2)9-6-7-15(20)19-12-8-14(13-19)22-16(21)18-10-4-3-5-11-18;7-10(8,9)6-4-2-1-3-5-6/h6-7,14H,3-5,8-13H2,1-2H3;1-5H,(H,7,8,9)/b7-6+;/t14-;/m0./s1. The number of hydrogen-bond acceptors (Lipinski definition) is 6. The summed E-state index contributed by atoms with van der Waals surface area (Å²) in [4.78, 5) is 29.5. The predicted molar refractivity (Wildman–Crippen MR) is 121 cm³/mol. The van der Waals surface area contributed by atoms with Gasteiger partial charge in [-0.15, -0.1) is 0 Å². The summed E-state index contributed by atoms with van der Waals surface area (Å²) in [5.74, 6) is -0.00151. The summed E-state index contributed by atoms with van der Waals surface area (Å²) < 4.78 is 34.8. The number of likely N-dealkylation sites (tertiary alicyclic amines) is 2. The van der Waals surface area contributed by atoms with Crippen LogP contribution in [0.3, 0.4) is 0 Å². The Balaban J connectivity index is 0.000000303. The van der Waals surface area contributed by atoms with E-state index in [0.29, 0.717) is 13.1 Å². The van der Waals surface area contributed by atoms with Gasteiger partial charge in [0.15, 0.2) is 0 Å². The lowest BCUT2D eigenvalue weighted by atomic mass is 10.1. The molecule has 2 amide bonds. The molecule has 0 saturated carbocycles. The van der Waals surface area contributed by atoms with Crippen LogP contribution in [0.25, 0.3) is 0 Å². The van der Waals surface area contributed by atoms with Gasteiger partial charge in [0.1, 0.15) is 6.10 Å². The third-order valence-corrected chi connectivity index (χ3v) is 5.98. The van der Waals surface area contributed by atoms with Crippen molar-refractivity contribution in [2.45, 2.75) is 36.7 Å². The van der Waals surface area contributed by atoms with Crippen LogP contribution in [0.1, 0.15) is 25.7 Å². The number of carbonyl (C=O) groups excluding carboxylic acids is 2. The predicted octanol–water partition coefficient (Wildman–Crippen LogP) is 2.26. The number of likely N-dealkylation sites (N-methyl/N-ethyl adjacent to an activating group) is 1. The van der Waals surface area contributed by atoms with E-state index in [9.17, 15) is 18.0 Å². The third-order valence-electron chi connectivity index (χ3n) is 5.11. The van der Waals surface area contributed by atoms with Crippen LogP contribution in [0.2, 0.25) is 0 Å². The molecule has 1 atom stereocenters. The maximum atomic E-state index is 12.1. The van der Waals surface area contributed by atoms with Gasteiger partial charge in [-0.3, -0.25) is 9.35 Å². The van der Waals surface area contributed by atoms with Crippen molar-refractivity contribution in [1.82, 2.24) is 14.7 Å². The lowest BCUT2D eigenvalue weighted by Gasteiger charge is -2.27. The number of benzene rings is 1. The first kappa shape index (κ1) is 25.8. The number of carbonyl (C=O) groups is 2. The Bertz CT molecular complexity index is 867. The fourth-order valence-corrected chi connectivity index (χ4v) is 3.88. The van der Waals surface area contributed by atoms with E-state index in [4.69, 9.17) is 9.29 Å². The van der Waals surface area contributed by atoms with E-state index in [2.05, 4.69) is 0 Å². The van der Waals surface area contributed by atoms with Crippen molar-refractivity contribution in [2.75, 3.05) is 46.8 Å². The van der Waals surface area contributed by atoms with Crippen LogP contribution in [-0.2, 0) is 19.6 Å². The van der Waals surface area contributed by atoms with Gasteiger partial charge in [0.25, 0.3) is 10.1 Å². The summed E-state index contributed by atoms with van der Waals surface area (Å²) in [6.07, 6.45) is 7.11.